The molecule has 2 aromatic heterocycles. The SMILES string of the molecule is O=C(Nc1cc(C(F)(F)F)ccc1Cl)c1cn(-c2ccccc2)nc1-c1cccs1. The van der Waals surface area contributed by atoms with Crippen molar-refractivity contribution >= 4 is 34.5 Å². The van der Waals surface area contributed by atoms with Crippen molar-refractivity contribution in [2.24, 2.45) is 0 Å². The van der Waals surface area contributed by atoms with Gasteiger partial charge in [-0.2, -0.15) is 18.3 Å². The predicted molar refractivity (Wildman–Crippen MR) is 111 cm³/mol. The minimum atomic E-state index is -4.55. The van der Waals surface area contributed by atoms with Gasteiger partial charge in [-0.3, -0.25) is 4.79 Å². The van der Waals surface area contributed by atoms with E-state index in [1.54, 1.807) is 10.9 Å². The number of hydrogen-bond acceptors (Lipinski definition) is 3. The van der Waals surface area contributed by atoms with Gasteiger partial charge in [0.1, 0.15) is 5.69 Å². The van der Waals surface area contributed by atoms with Crippen LogP contribution in [-0.2, 0) is 6.18 Å². The third kappa shape index (κ3) is 4.10. The van der Waals surface area contributed by atoms with Crippen molar-refractivity contribution in [1.82, 2.24) is 9.78 Å². The number of carbonyl (C=O) groups is 1. The largest absolute Gasteiger partial charge is 0.416 e. The number of halogens is 4. The number of para-hydroxylation sites is 1. The van der Waals surface area contributed by atoms with Crippen molar-refractivity contribution in [3.05, 3.63) is 88.4 Å². The van der Waals surface area contributed by atoms with Crippen LogP contribution in [-0.4, -0.2) is 15.7 Å². The van der Waals surface area contributed by atoms with E-state index < -0.39 is 17.6 Å². The second-order valence-electron chi connectivity index (χ2n) is 6.30. The summed E-state index contributed by atoms with van der Waals surface area (Å²) < 4.78 is 40.7. The van der Waals surface area contributed by atoms with Gasteiger partial charge in [-0.1, -0.05) is 35.9 Å². The summed E-state index contributed by atoms with van der Waals surface area (Å²) in [7, 11) is 0. The molecular weight excluding hydrogens is 435 g/mol. The molecule has 2 aromatic carbocycles. The Morgan fingerprint density at radius 1 is 1.07 bits per heavy atom. The van der Waals surface area contributed by atoms with Crippen LogP contribution in [0.3, 0.4) is 0 Å². The fourth-order valence-electron chi connectivity index (χ4n) is 2.84. The molecule has 0 spiro atoms. The highest BCUT2D eigenvalue weighted by Gasteiger charge is 2.31. The topological polar surface area (TPSA) is 46.9 Å². The van der Waals surface area contributed by atoms with Crippen molar-refractivity contribution < 1.29 is 18.0 Å². The summed E-state index contributed by atoms with van der Waals surface area (Å²) in [6.07, 6.45) is -3.01. The first kappa shape index (κ1) is 20.2. The number of hydrogen-bond donors (Lipinski definition) is 1. The zero-order valence-corrected chi connectivity index (χ0v) is 16.7. The third-order valence-electron chi connectivity index (χ3n) is 4.28. The van der Waals surface area contributed by atoms with Crippen LogP contribution in [0.15, 0.2) is 72.2 Å². The second kappa shape index (κ2) is 7.97. The van der Waals surface area contributed by atoms with Crippen LogP contribution in [0.25, 0.3) is 16.3 Å². The number of nitrogens with zero attached hydrogens (tertiary/aromatic N) is 2. The van der Waals surface area contributed by atoms with E-state index in [9.17, 15) is 18.0 Å². The predicted octanol–water partition coefficient (Wildman–Crippen LogP) is 6.53. The number of rotatable bonds is 4. The van der Waals surface area contributed by atoms with E-state index >= 15 is 0 Å². The van der Waals surface area contributed by atoms with Crippen molar-refractivity contribution in [2.45, 2.75) is 6.18 Å². The molecule has 4 aromatic rings. The smallest absolute Gasteiger partial charge is 0.320 e. The van der Waals surface area contributed by atoms with E-state index in [2.05, 4.69) is 10.4 Å². The number of alkyl halides is 3. The molecule has 0 atom stereocenters. The summed E-state index contributed by atoms with van der Waals surface area (Å²) in [5.41, 5.74) is 0.359. The molecule has 152 valence electrons. The quantitative estimate of drug-likeness (QED) is 0.387. The lowest BCUT2D eigenvalue weighted by Crippen LogP contribution is -2.14. The Kier molecular flexibility index (Phi) is 5.36. The van der Waals surface area contributed by atoms with Crippen LogP contribution in [0.2, 0.25) is 5.02 Å². The summed E-state index contributed by atoms with van der Waals surface area (Å²) in [5.74, 6) is -0.609. The molecule has 1 N–H and O–H groups in total. The van der Waals surface area contributed by atoms with Crippen LogP contribution < -0.4 is 5.32 Å². The molecule has 4 nitrogen and oxygen atoms in total. The molecule has 1 amide bonds. The lowest BCUT2D eigenvalue weighted by Gasteiger charge is -2.11. The van der Waals surface area contributed by atoms with E-state index in [1.165, 1.54) is 11.3 Å². The first-order valence-corrected chi connectivity index (χ1v) is 9.96. The normalized spacial score (nSPS) is 11.5. The van der Waals surface area contributed by atoms with Gasteiger partial charge in [0, 0.05) is 6.20 Å². The summed E-state index contributed by atoms with van der Waals surface area (Å²) >= 11 is 7.42. The monoisotopic (exact) mass is 447 g/mol. The molecule has 0 unspecified atom stereocenters. The third-order valence-corrected chi connectivity index (χ3v) is 5.48. The van der Waals surface area contributed by atoms with Crippen molar-refractivity contribution in [3.8, 4) is 16.3 Å². The first-order valence-electron chi connectivity index (χ1n) is 8.70. The summed E-state index contributed by atoms with van der Waals surface area (Å²) in [5, 5.41) is 8.86. The van der Waals surface area contributed by atoms with Gasteiger partial charge < -0.3 is 5.32 Å². The highest BCUT2D eigenvalue weighted by Crippen LogP contribution is 2.34. The average Bonchev–Trinajstić information content (AvgIpc) is 3.39. The number of carbonyl (C=O) groups excluding carboxylic acids is 1. The molecular formula is C21H13ClF3N3OS. The first-order chi connectivity index (χ1) is 14.3. The number of benzene rings is 2. The number of thiophene rings is 1. The Morgan fingerprint density at radius 2 is 1.83 bits per heavy atom. The van der Waals surface area contributed by atoms with Gasteiger partial charge in [-0.05, 0) is 41.8 Å². The molecule has 0 saturated heterocycles. The number of amides is 1. The fourth-order valence-corrected chi connectivity index (χ4v) is 3.72. The van der Waals surface area contributed by atoms with Crippen molar-refractivity contribution in [2.75, 3.05) is 5.32 Å². The maximum absolute atomic E-state index is 13.0. The van der Waals surface area contributed by atoms with Gasteiger partial charge in [0.15, 0.2) is 0 Å². The van der Waals surface area contributed by atoms with Crippen LogP contribution in [0.5, 0.6) is 0 Å². The zero-order chi connectivity index (χ0) is 21.3. The standard InChI is InChI=1S/C21H13ClF3N3OS/c22-16-9-8-13(21(23,24)25)11-17(16)26-20(29)15-12-28(14-5-2-1-3-6-14)27-19(15)18-7-4-10-30-18/h1-12H,(H,26,29). The van der Waals surface area contributed by atoms with Crippen LogP contribution in [0.1, 0.15) is 15.9 Å². The van der Waals surface area contributed by atoms with Gasteiger partial charge in [-0.25, -0.2) is 4.68 Å². The number of nitrogens with one attached hydrogen (secondary N) is 1. The lowest BCUT2D eigenvalue weighted by atomic mass is 10.1. The molecule has 4 rings (SSSR count). The van der Waals surface area contributed by atoms with Crippen molar-refractivity contribution in [3.63, 3.8) is 0 Å². The van der Waals surface area contributed by atoms with Gasteiger partial charge in [0.05, 0.1) is 32.4 Å². The highest BCUT2D eigenvalue weighted by atomic mass is 35.5. The Labute approximate surface area is 178 Å². The van der Waals surface area contributed by atoms with Crippen molar-refractivity contribution in [1.29, 1.82) is 0 Å². The summed E-state index contributed by atoms with van der Waals surface area (Å²) in [6, 6.07) is 15.6. The molecule has 0 fully saturated rings. The van der Waals surface area contributed by atoms with Gasteiger partial charge in [0.25, 0.3) is 5.91 Å². The zero-order valence-electron chi connectivity index (χ0n) is 15.2. The Morgan fingerprint density at radius 3 is 2.50 bits per heavy atom. The van der Waals surface area contributed by atoms with E-state index in [4.69, 9.17) is 11.6 Å². The minimum Gasteiger partial charge on any atom is -0.320 e. The maximum Gasteiger partial charge on any atom is 0.416 e. The molecule has 9 heteroatoms. The maximum atomic E-state index is 13.0. The number of aromatic nitrogens is 2. The molecule has 0 bridgehead atoms. The Hall–Kier alpha value is -3.10. The average molecular weight is 448 g/mol. The van der Waals surface area contributed by atoms with Crippen LogP contribution >= 0.6 is 22.9 Å². The van der Waals surface area contributed by atoms with Gasteiger partial charge >= 0.3 is 6.18 Å². The summed E-state index contributed by atoms with van der Waals surface area (Å²) in [4.78, 5) is 13.7. The number of anilines is 1. The molecule has 0 saturated carbocycles. The van der Waals surface area contributed by atoms with Gasteiger partial charge in [0.2, 0.25) is 0 Å². The minimum absolute atomic E-state index is 0.00414. The van der Waals surface area contributed by atoms with Crippen LogP contribution in [0, 0.1) is 0 Å². The van der Waals surface area contributed by atoms with Crippen LogP contribution in [0.4, 0.5) is 18.9 Å². The Balaban J connectivity index is 1.73. The fraction of sp³-hybridized carbons (Fsp3) is 0.0476. The van der Waals surface area contributed by atoms with E-state index in [-0.39, 0.29) is 16.3 Å². The molecule has 0 aliphatic heterocycles. The highest BCUT2D eigenvalue weighted by molar-refractivity contribution is 7.13. The molecule has 0 aliphatic rings. The molecule has 0 radical (unpaired) electrons. The van der Waals surface area contributed by atoms with Gasteiger partial charge in [-0.15, -0.1) is 11.3 Å². The Bertz CT molecular complexity index is 1190. The van der Waals surface area contributed by atoms with E-state index in [0.717, 1.165) is 28.8 Å². The van der Waals surface area contributed by atoms with E-state index in [1.807, 2.05) is 47.8 Å². The van der Waals surface area contributed by atoms with E-state index in [0.29, 0.717) is 5.69 Å². The lowest BCUT2D eigenvalue weighted by molar-refractivity contribution is -0.137. The molecule has 0 aliphatic carbocycles. The molecule has 2 heterocycles. The second-order valence-corrected chi connectivity index (χ2v) is 7.65. The summed E-state index contributed by atoms with van der Waals surface area (Å²) in [6.45, 7) is 0. The molecule has 30 heavy (non-hydrogen) atoms.